The lowest BCUT2D eigenvalue weighted by molar-refractivity contribution is 0.469. The SMILES string of the molecule is CNc1nc(-c2cc(O)cc(F)c2)nc(C2CC2)c1I. The van der Waals surface area contributed by atoms with Crippen LogP contribution in [0, 0.1) is 9.39 Å². The molecule has 1 aromatic carbocycles. The van der Waals surface area contributed by atoms with Gasteiger partial charge in [0.1, 0.15) is 17.4 Å². The summed E-state index contributed by atoms with van der Waals surface area (Å²) in [7, 11) is 1.80. The Labute approximate surface area is 129 Å². The summed E-state index contributed by atoms with van der Waals surface area (Å²) in [6.45, 7) is 0. The second-order valence-electron chi connectivity index (χ2n) is 4.82. The Kier molecular flexibility index (Phi) is 3.49. The molecular formula is C14H13FIN3O. The number of halogens is 2. The van der Waals surface area contributed by atoms with E-state index < -0.39 is 5.82 Å². The normalized spacial score (nSPS) is 14.3. The molecule has 0 spiro atoms. The van der Waals surface area contributed by atoms with E-state index in [9.17, 15) is 9.50 Å². The lowest BCUT2D eigenvalue weighted by atomic mass is 10.1. The molecule has 1 aromatic heterocycles. The van der Waals surface area contributed by atoms with Crippen molar-refractivity contribution in [2.45, 2.75) is 18.8 Å². The van der Waals surface area contributed by atoms with Crippen molar-refractivity contribution in [3.63, 3.8) is 0 Å². The van der Waals surface area contributed by atoms with Crippen molar-refractivity contribution < 1.29 is 9.50 Å². The number of phenols is 1. The molecule has 6 heteroatoms. The Hall–Kier alpha value is -1.44. The molecule has 1 aliphatic rings. The highest BCUT2D eigenvalue weighted by Crippen LogP contribution is 2.43. The minimum atomic E-state index is -0.499. The van der Waals surface area contributed by atoms with E-state index in [0.717, 1.165) is 34.0 Å². The maximum absolute atomic E-state index is 13.4. The maximum Gasteiger partial charge on any atom is 0.162 e. The Balaban J connectivity index is 2.15. The summed E-state index contributed by atoms with van der Waals surface area (Å²) in [5, 5.41) is 12.6. The van der Waals surface area contributed by atoms with E-state index >= 15 is 0 Å². The highest BCUT2D eigenvalue weighted by Gasteiger charge is 2.29. The van der Waals surface area contributed by atoms with Gasteiger partial charge in [-0.1, -0.05) is 0 Å². The van der Waals surface area contributed by atoms with Gasteiger partial charge < -0.3 is 10.4 Å². The smallest absolute Gasteiger partial charge is 0.162 e. The minimum absolute atomic E-state index is 0.124. The lowest BCUT2D eigenvalue weighted by Gasteiger charge is -2.11. The van der Waals surface area contributed by atoms with E-state index in [2.05, 4.69) is 37.9 Å². The monoisotopic (exact) mass is 385 g/mol. The van der Waals surface area contributed by atoms with Gasteiger partial charge in [-0.2, -0.15) is 0 Å². The summed E-state index contributed by atoms with van der Waals surface area (Å²) in [6, 6.07) is 3.87. The van der Waals surface area contributed by atoms with Crippen LogP contribution in [0.25, 0.3) is 11.4 Å². The molecule has 20 heavy (non-hydrogen) atoms. The summed E-state index contributed by atoms with van der Waals surface area (Å²) < 4.78 is 14.4. The van der Waals surface area contributed by atoms with Crippen LogP contribution in [0.5, 0.6) is 5.75 Å². The summed E-state index contributed by atoms with van der Waals surface area (Å²) in [6.07, 6.45) is 2.26. The molecule has 104 valence electrons. The standard InChI is InChI=1S/C14H13FIN3O/c1-17-14-11(16)12(7-2-3-7)18-13(19-14)8-4-9(15)6-10(20)5-8/h4-7,20H,2-3H2,1H3,(H,17,18,19). The maximum atomic E-state index is 13.4. The van der Waals surface area contributed by atoms with E-state index in [1.165, 1.54) is 12.1 Å². The van der Waals surface area contributed by atoms with Gasteiger partial charge in [0.2, 0.25) is 0 Å². The highest BCUT2D eigenvalue weighted by atomic mass is 127. The number of aromatic nitrogens is 2. The second-order valence-corrected chi connectivity index (χ2v) is 5.90. The first-order valence-electron chi connectivity index (χ1n) is 6.33. The topological polar surface area (TPSA) is 58.0 Å². The number of rotatable bonds is 3. The Morgan fingerprint density at radius 1 is 1.30 bits per heavy atom. The molecule has 0 radical (unpaired) electrons. The number of nitrogens with one attached hydrogen (secondary N) is 1. The van der Waals surface area contributed by atoms with Crippen molar-refractivity contribution in [1.82, 2.24) is 9.97 Å². The molecule has 0 saturated heterocycles. The third-order valence-electron chi connectivity index (χ3n) is 3.22. The van der Waals surface area contributed by atoms with E-state index in [1.807, 2.05) is 0 Å². The van der Waals surface area contributed by atoms with E-state index in [-0.39, 0.29) is 5.75 Å². The Morgan fingerprint density at radius 2 is 2.05 bits per heavy atom. The van der Waals surface area contributed by atoms with Gasteiger partial charge in [-0.15, -0.1) is 0 Å². The van der Waals surface area contributed by atoms with Gasteiger partial charge in [0, 0.05) is 24.6 Å². The number of benzene rings is 1. The summed E-state index contributed by atoms with van der Waals surface area (Å²) in [4.78, 5) is 8.97. The summed E-state index contributed by atoms with van der Waals surface area (Å²) in [5.74, 6) is 1.02. The average Bonchev–Trinajstić information content (AvgIpc) is 3.22. The first-order valence-corrected chi connectivity index (χ1v) is 7.41. The molecule has 3 rings (SSSR count). The van der Waals surface area contributed by atoms with E-state index in [1.54, 1.807) is 7.05 Å². The fourth-order valence-electron chi connectivity index (χ4n) is 2.09. The number of nitrogens with zero attached hydrogens (tertiary/aromatic N) is 2. The highest BCUT2D eigenvalue weighted by molar-refractivity contribution is 14.1. The van der Waals surface area contributed by atoms with Crippen molar-refractivity contribution >= 4 is 28.4 Å². The molecule has 1 aliphatic carbocycles. The summed E-state index contributed by atoms with van der Waals surface area (Å²) >= 11 is 2.23. The van der Waals surface area contributed by atoms with Gasteiger partial charge in [0.15, 0.2) is 5.82 Å². The van der Waals surface area contributed by atoms with Crippen molar-refractivity contribution in [2.75, 3.05) is 12.4 Å². The first kappa shape index (κ1) is 13.5. The molecule has 0 bridgehead atoms. The molecule has 4 nitrogen and oxygen atoms in total. The minimum Gasteiger partial charge on any atom is -0.508 e. The van der Waals surface area contributed by atoms with E-state index in [0.29, 0.717) is 17.3 Å². The third kappa shape index (κ3) is 2.56. The van der Waals surface area contributed by atoms with Crippen LogP contribution < -0.4 is 5.32 Å². The molecule has 1 heterocycles. The second kappa shape index (κ2) is 5.16. The molecule has 1 saturated carbocycles. The number of aromatic hydroxyl groups is 1. The van der Waals surface area contributed by atoms with Gasteiger partial charge in [0.25, 0.3) is 0 Å². The van der Waals surface area contributed by atoms with Gasteiger partial charge >= 0.3 is 0 Å². The van der Waals surface area contributed by atoms with Gasteiger partial charge in [-0.25, -0.2) is 14.4 Å². The number of phenolic OH excluding ortho intramolecular Hbond substituents is 1. The largest absolute Gasteiger partial charge is 0.508 e. The van der Waals surface area contributed by atoms with Gasteiger partial charge in [0.05, 0.1) is 9.26 Å². The zero-order valence-electron chi connectivity index (χ0n) is 10.8. The lowest BCUT2D eigenvalue weighted by Crippen LogP contribution is -2.04. The van der Waals surface area contributed by atoms with Crippen LogP contribution in [0.3, 0.4) is 0 Å². The Morgan fingerprint density at radius 3 is 2.65 bits per heavy atom. The molecule has 2 N–H and O–H groups in total. The van der Waals surface area contributed by atoms with Crippen LogP contribution in [0.4, 0.5) is 10.2 Å². The van der Waals surface area contributed by atoms with E-state index in [4.69, 9.17) is 0 Å². The van der Waals surface area contributed by atoms with Crippen LogP contribution in [-0.4, -0.2) is 22.1 Å². The molecule has 0 aliphatic heterocycles. The van der Waals surface area contributed by atoms with Crippen LogP contribution in [0.1, 0.15) is 24.5 Å². The zero-order valence-corrected chi connectivity index (χ0v) is 13.0. The molecule has 0 amide bonds. The average molecular weight is 385 g/mol. The predicted molar refractivity (Wildman–Crippen MR) is 83.3 cm³/mol. The molecule has 0 atom stereocenters. The number of anilines is 1. The predicted octanol–water partition coefficient (Wildman–Crippen LogP) is 3.51. The molecule has 1 fully saturated rings. The van der Waals surface area contributed by atoms with Crippen LogP contribution in [0.15, 0.2) is 18.2 Å². The Bertz CT molecular complexity index is 653. The third-order valence-corrected chi connectivity index (χ3v) is 4.28. The molecule has 0 unspecified atom stereocenters. The van der Waals surface area contributed by atoms with Crippen LogP contribution >= 0.6 is 22.6 Å². The molecular weight excluding hydrogens is 372 g/mol. The first-order chi connectivity index (χ1) is 9.58. The fraction of sp³-hybridized carbons (Fsp3) is 0.286. The van der Waals surface area contributed by atoms with Crippen molar-refractivity contribution in [3.05, 3.63) is 33.3 Å². The van der Waals surface area contributed by atoms with Crippen molar-refractivity contribution in [3.8, 4) is 17.1 Å². The quantitative estimate of drug-likeness (QED) is 0.795. The van der Waals surface area contributed by atoms with Gasteiger partial charge in [-0.05, 0) is 47.6 Å². The zero-order chi connectivity index (χ0) is 14.3. The van der Waals surface area contributed by atoms with Crippen molar-refractivity contribution in [2.24, 2.45) is 0 Å². The van der Waals surface area contributed by atoms with Crippen LogP contribution in [-0.2, 0) is 0 Å². The fourth-order valence-corrected chi connectivity index (χ4v) is 3.04. The summed E-state index contributed by atoms with van der Waals surface area (Å²) in [5.41, 5.74) is 1.49. The number of hydrogen-bond acceptors (Lipinski definition) is 4. The number of hydrogen-bond donors (Lipinski definition) is 2. The van der Waals surface area contributed by atoms with Crippen molar-refractivity contribution in [1.29, 1.82) is 0 Å². The van der Waals surface area contributed by atoms with Gasteiger partial charge in [-0.3, -0.25) is 0 Å². The molecule has 2 aromatic rings. The van der Waals surface area contributed by atoms with Crippen LogP contribution in [0.2, 0.25) is 0 Å².